The van der Waals surface area contributed by atoms with Crippen LogP contribution >= 0.6 is 15.9 Å². The summed E-state index contributed by atoms with van der Waals surface area (Å²) in [7, 11) is 0. The molecule has 4 heteroatoms. The highest BCUT2D eigenvalue weighted by Gasteiger charge is 2.08. The summed E-state index contributed by atoms with van der Waals surface area (Å²) in [5.74, 6) is -0.793. The smallest absolute Gasteiger partial charge is 0.154 e. The van der Waals surface area contributed by atoms with E-state index >= 15 is 0 Å². The molecular weight excluding hydrogens is 215 g/mol. The van der Waals surface area contributed by atoms with Crippen LogP contribution in [-0.4, -0.2) is 11.4 Å². The standard InChI is InChI=1S/C7H4BrFO2/c8-7-4(3-10)5(9)1-2-6(7)11/h1-3,11H. The Morgan fingerprint density at radius 1 is 1.55 bits per heavy atom. The number of halogens is 2. The van der Waals surface area contributed by atoms with E-state index in [1.165, 1.54) is 6.07 Å². The molecule has 0 atom stereocenters. The molecule has 0 radical (unpaired) electrons. The van der Waals surface area contributed by atoms with Crippen molar-refractivity contribution in [3.05, 3.63) is 28.0 Å². The van der Waals surface area contributed by atoms with Crippen LogP contribution in [0.3, 0.4) is 0 Å². The van der Waals surface area contributed by atoms with Crippen molar-refractivity contribution in [3.8, 4) is 5.75 Å². The molecule has 1 aromatic rings. The summed E-state index contributed by atoms with van der Waals surface area (Å²) in [5.41, 5.74) is -0.162. The van der Waals surface area contributed by atoms with Gasteiger partial charge in [-0.05, 0) is 28.1 Å². The molecule has 11 heavy (non-hydrogen) atoms. The number of rotatable bonds is 1. The number of aromatic hydroxyl groups is 1. The van der Waals surface area contributed by atoms with Crippen LogP contribution in [0, 0.1) is 5.82 Å². The van der Waals surface area contributed by atoms with Crippen LogP contribution in [0.1, 0.15) is 10.4 Å². The first kappa shape index (κ1) is 8.20. The first-order valence-corrected chi connectivity index (χ1v) is 3.58. The fraction of sp³-hybridized carbons (Fsp3) is 0. The van der Waals surface area contributed by atoms with Crippen molar-refractivity contribution in [1.29, 1.82) is 0 Å². The minimum Gasteiger partial charge on any atom is -0.507 e. The molecule has 0 heterocycles. The van der Waals surface area contributed by atoms with Gasteiger partial charge in [-0.15, -0.1) is 0 Å². The second-order valence-electron chi connectivity index (χ2n) is 1.91. The predicted molar refractivity (Wildman–Crippen MR) is 41.2 cm³/mol. The molecular formula is C7H4BrFO2. The SMILES string of the molecule is O=Cc1c(F)ccc(O)c1Br. The topological polar surface area (TPSA) is 37.3 Å². The van der Waals surface area contributed by atoms with Gasteiger partial charge in [0.25, 0.3) is 0 Å². The van der Waals surface area contributed by atoms with E-state index < -0.39 is 5.82 Å². The van der Waals surface area contributed by atoms with Crippen molar-refractivity contribution < 1.29 is 14.3 Å². The van der Waals surface area contributed by atoms with Gasteiger partial charge in [0, 0.05) is 0 Å². The Bertz CT molecular complexity index is 299. The van der Waals surface area contributed by atoms with Crippen molar-refractivity contribution in [2.24, 2.45) is 0 Å². The number of carbonyl (C=O) groups is 1. The molecule has 0 unspecified atom stereocenters. The molecule has 0 aromatic heterocycles. The van der Waals surface area contributed by atoms with E-state index in [1.807, 2.05) is 0 Å². The molecule has 0 fully saturated rings. The summed E-state index contributed by atoms with van der Waals surface area (Å²) in [6, 6.07) is 2.20. The Kier molecular flexibility index (Phi) is 2.24. The number of phenols is 1. The van der Waals surface area contributed by atoms with Gasteiger partial charge in [-0.2, -0.15) is 0 Å². The van der Waals surface area contributed by atoms with Crippen LogP contribution in [0.4, 0.5) is 4.39 Å². The average molecular weight is 219 g/mol. The second kappa shape index (κ2) is 3.00. The number of carbonyl (C=O) groups excluding carboxylic acids is 1. The number of aldehydes is 1. The maximum Gasteiger partial charge on any atom is 0.154 e. The van der Waals surface area contributed by atoms with Crippen LogP contribution in [0.25, 0.3) is 0 Å². The first-order chi connectivity index (χ1) is 5.16. The lowest BCUT2D eigenvalue weighted by molar-refractivity contribution is 0.111. The zero-order valence-electron chi connectivity index (χ0n) is 5.34. The Labute approximate surface area is 70.8 Å². The van der Waals surface area contributed by atoms with Gasteiger partial charge >= 0.3 is 0 Å². The summed E-state index contributed by atoms with van der Waals surface area (Å²) in [6.07, 6.45) is 0.346. The summed E-state index contributed by atoms with van der Waals surface area (Å²) in [5, 5.41) is 8.98. The summed E-state index contributed by atoms with van der Waals surface area (Å²) >= 11 is 2.87. The highest BCUT2D eigenvalue weighted by Crippen LogP contribution is 2.27. The molecule has 58 valence electrons. The molecule has 2 nitrogen and oxygen atoms in total. The fourth-order valence-electron chi connectivity index (χ4n) is 0.666. The monoisotopic (exact) mass is 218 g/mol. The van der Waals surface area contributed by atoms with E-state index in [4.69, 9.17) is 5.11 Å². The molecule has 0 bridgehead atoms. The average Bonchev–Trinajstić information content (AvgIpc) is 1.99. The van der Waals surface area contributed by atoms with E-state index in [-0.39, 0.29) is 15.8 Å². The Hall–Kier alpha value is -0.900. The Balaban J connectivity index is 3.40. The van der Waals surface area contributed by atoms with Crippen molar-refractivity contribution in [2.75, 3.05) is 0 Å². The molecule has 0 aliphatic carbocycles. The third-order valence-electron chi connectivity index (χ3n) is 1.22. The third kappa shape index (κ3) is 1.40. The lowest BCUT2D eigenvalue weighted by Crippen LogP contribution is -1.88. The molecule has 0 aliphatic heterocycles. The van der Waals surface area contributed by atoms with Gasteiger partial charge < -0.3 is 5.11 Å². The summed E-state index contributed by atoms with van der Waals surface area (Å²) in [6.45, 7) is 0. The zero-order chi connectivity index (χ0) is 8.43. The number of hydrogen-bond donors (Lipinski definition) is 1. The first-order valence-electron chi connectivity index (χ1n) is 2.79. The summed E-state index contributed by atoms with van der Waals surface area (Å²) < 4.78 is 12.7. The Morgan fingerprint density at radius 3 is 2.64 bits per heavy atom. The van der Waals surface area contributed by atoms with Crippen molar-refractivity contribution in [2.45, 2.75) is 0 Å². The largest absolute Gasteiger partial charge is 0.507 e. The normalized spacial score (nSPS) is 9.64. The van der Waals surface area contributed by atoms with Gasteiger partial charge in [0.05, 0.1) is 10.0 Å². The number of hydrogen-bond acceptors (Lipinski definition) is 2. The lowest BCUT2D eigenvalue weighted by Gasteiger charge is -1.99. The van der Waals surface area contributed by atoms with Gasteiger partial charge in [-0.3, -0.25) is 4.79 Å². The van der Waals surface area contributed by atoms with E-state index in [9.17, 15) is 9.18 Å². The molecule has 1 N–H and O–H groups in total. The van der Waals surface area contributed by atoms with Gasteiger partial charge in [0.15, 0.2) is 6.29 Å². The maximum atomic E-state index is 12.7. The van der Waals surface area contributed by atoms with Gasteiger partial charge in [0.1, 0.15) is 11.6 Å². The van der Waals surface area contributed by atoms with E-state index in [0.717, 1.165) is 6.07 Å². The van der Waals surface area contributed by atoms with Crippen LogP contribution in [0.2, 0.25) is 0 Å². The number of benzene rings is 1. The molecule has 0 amide bonds. The Morgan fingerprint density at radius 2 is 2.18 bits per heavy atom. The highest BCUT2D eigenvalue weighted by molar-refractivity contribution is 9.10. The van der Waals surface area contributed by atoms with Crippen LogP contribution in [0.15, 0.2) is 16.6 Å². The van der Waals surface area contributed by atoms with Crippen LogP contribution < -0.4 is 0 Å². The number of phenolic OH excluding ortho intramolecular Hbond substituents is 1. The zero-order valence-corrected chi connectivity index (χ0v) is 6.93. The molecule has 1 aromatic carbocycles. The lowest BCUT2D eigenvalue weighted by atomic mass is 10.2. The van der Waals surface area contributed by atoms with Crippen molar-refractivity contribution in [1.82, 2.24) is 0 Å². The van der Waals surface area contributed by atoms with Crippen LogP contribution in [-0.2, 0) is 0 Å². The maximum absolute atomic E-state index is 12.7. The minimum atomic E-state index is -0.648. The van der Waals surface area contributed by atoms with E-state index in [1.54, 1.807) is 0 Å². The molecule has 0 aliphatic rings. The van der Waals surface area contributed by atoms with Gasteiger partial charge in [-0.25, -0.2) is 4.39 Å². The fourth-order valence-corrected chi connectivity index (χ4v) is 1.08. The molecule has 0 saturated heterocycles. The minimum absolute atomic E-state index is 0.0903. The molecule has 0 saturated carbocycles. The predicted octanol–water partition coefficient (Wildman–Crippen LogP) is 2.11. The van der Waals surface area contributed by atoms with Gasteiger partial charge in [0.2, 0.25) is 0 Å². The third-order valence-corrected chi connectivity index (χ3v) is 2.06. The molecule has 1 rings (SSSR count). The van der Waals surface area contributed by atoms with Crippen LogP contribution in [0.5, 0.6) is 5.75 Å². The van der Waals surface area contributed by atoms with E-state index in [0.29, 0.717) is 6.29 Å². The van der Waals surface area contributed by atoms with Gasteiger partial charge in [-0.1, -0.05) is 0 Å². The van der Waals surface area contributed by atoms with Crippen molar-refractivity contribution in [3.63, 3.8) is 0 Å². The molecule has 0 spiro atoms. The quantitative estimate of drug-likeness (QED) is 0.734. The highest BCUT2D eigenvalue weighted by atomic mass is 79.9. The van der Waals surface area contributed by atoms with Crippen molar-refractivity contribution >= 4 is 22.2 Å². The van der Waals surface area contributed by atoms with E-state index in [2.05, 4.69) is 15.9 Å². The second-order valence-corrected chi connectivity index (χ2v) is 2.71. The summed E-state index contributed by atoms with van der Waals surface area (Å²) in [4.78, 5) is 10.2.